The Morgan fingerprint density at radius 1 is 0.744 bits per heavy atom. The standard InChI is InChI=1S/C32H43N5O2/c1-2-3-4-5-6-7-8-13-18-34-32(39)30(20-24-22-36-29-17-12-10-15-26(24)29)37-31(38)27(33)19-23-21-35-28-16-11-9-14-25(23)28/h9-12,14-17,21-22,27,30,35-36H,2-8,13,18-20,33H2,1H3,(H,34,39)(H,37,38). The molecule has 0 radical (unpaired) electrons. The highest BCUT2D eigenvalue weighted by Crippen LogP contribution is 2.20. The zero-order valence-electron chi connectivity index (χ0n) is 23.1. The van der Waals surface area contributed by atoms with Crippen LogP contribution in [0.15, 0.2) is 60.9 Å². The average molecular weight is 530 g/mol. The first-order valence-electron chi connectivity index (χ1n) is 14.5. The lowest BCUT2D eigenvalue weighted by molar-refractivity contribution is -0.129. The number of rotatable bonds is 16. The molecule has 0 bridgehead atoms. The number of amides is 2. The van der Waals surface area contributed by atoms with Crippen LogP contribution in [0.25, 0.3) is 21.8 Å². The van der Waals surface area contributed by atoms with E-state index in [9.17, 15) is 9.59 Å². The number of aromatic amines is 2. The van der Waals surface area contributed by atoms with E-state index in [2.05, 4.69) is 27.5 Å². The maximum Gasteiger partial charge on any atom is 0.242 e. The SMILES string of the molecule is CCCCCCCCCCNC(=O)C(Cc1c[nH]c2ccccc12)NC(=O)C(N)Cc1c[nH]c2ccccc12. The van der Waals surface area contributed by atoms with Crippen molar-refractivity contribution in [3.63, 3.8) is 0 Å². The van der Waals surface area contributed by atoms with Gasteiger partial charge in [0.25, 0.3) is 0 Å². The molecule has 2 unspecified atom stereocenters. The molecular weight excluding hydrogens is 486 g/mol. The van der Waals surface area contributed by atoms with E-state index in [1.54, 1.807) is 0 Å². The number of carbonyl (C=O) groups is 2. The Kier molecular flexibility index (Phi) is 10.6. The summed E-state index contributed by atoms with van der Waals surface area (Å²) in [4.78, 5) is 33.0. The third kappa shape index (κ3) is 7.96. The van der Waals surface area contributed by atoms with Gasteiger partial charge in [0.15, 0.2) is 0 Å². The molecule has 0 aliphatic heterocycles. The van der Waals surface area contributed by atoms with Gasteiger partial charge >= 0.3 is 0 Å². The fraction of sp³-hybridized carbons (Fsp3) is 0.438. The van der Waals surface area contributed by atoms with Crippen molar-refractivity contribution >= 4 is 33.6 Å². The molecule has 0 saturated heterocycles. The molecule has 0 aliphatic rings. The molecule has 0 saturated carbocycles. The zero-order valence-corrected chi connectivity index (χ0v) is 23.1. The van der Waals surface area contributed by atoms with E-state index < -0.39 is 12.1 Å². The van der Waals surface area contributed by atoms with Crippen LogP contribution >= 0.6 is 0 Å². The van der Waals surface area contributed by atoms with E-state index >= 15 is 0 Å². The van der Waals surface area contributed by atoms with Crippen molar-refractivity contribution in [1.29, 1.82) is 0 Å². The first-order valence-corrected chi connectivity index (χ1v) is 14.5. The van der Waals surface area contributed by atoms with Crippen LogP contribution in [-0.4, -0.2) is 40.4 Å². The van der Waals surface area contributed by atoms with Crippen molar-refractivity contribution in [3.05, 3.63) is 72.1 Å². The molecule has 0 spiro atoms. The first-order chi connectivity index (χ1) is 19.1. The summed E-state index contributed by atoms with van der Waals surface area (Å²) in [7, 11) is 0. The van der Waals surface area contributed by atoms with Crippen LogP contribution in [0.4, 0.5) is 0 Å². The summed E-state index contributed by atoms with van der Waals surface area (Å²) in [5, 5.41) is 8.13. The van der Waals surface area contributed by atoms with Crippen molar-refractivity contribution in [1.82, 2.24) is 20.6 Å². The Hall–Kier alpha value is -3.58. The lowest BCUT2D eigenvalue weighted by Crippen LogP contribution is -2.53. The Morgan fingerprint density at radius 3 is 1.90 bits per heavy atom. The second kappa shape index (κ2) is 14.5. The van der Waals surface area contributed by atoms with Crippen molar-refractivity contribution in [2.24, 2.45) is 5.73 Å². The van der Waals surface area contributed by atoms with Crippen LogP contribution in [0, 0.1) is 0 Å². The predicted octanol–water partition coefficient (Wildman–Crippen LogP) is 5.50. The lowest BCUT2D eigenvalue weighted by Gasteiger charge is -2.21. The Bertz CT molecular complexity index is 1340. The second-order valence-electron chi connectivity index (χ2n) is 10.6. The molecule has 2 aromatic carbocycles. The van der Waals surface area contributed by atoms with Gasteiger partial charge in [-0.3, -0.25) is 9.59 Å². The average Bonchev–Trinajstić information content (AvgIpc) is 3.55. The van der Waals surface area contributed by atoms with E-state index in [-0.39, 0.29) is 11.8 Å². The number of carbonyl (C=O) groups excluding carboxylic acids is 2. The molecule has 39 heavy (non-hydrogen) atoms. The fourth-order valence-electron chi connectivity index (χ4n) is 5.23. The predicted molar refractivity (Wildman–Crippen MR) is 160 cm³/mol. The van der Waals surface area contributed by atoms with Gasteiger partial charge in [0, 0.05) is 47.2 Å². The second-order valence-corrected chi connectivity index (χ2v) is 10.6. The number of hydrogen-bond acceptors (Lipinski definition) is 3. The number of benzene rings is 2. The summed E-state index contributed by atoms with van der Waals surface area (Å²) in [5.41, 5.74) is 10.3. The minimum absolute atomic E-state index is 0.170. The number of H-pyrrole nitrogens is 2. The van der Waals surface area contributed by atoms with Crippen LogP contribution in [0.1, 0.15) is 69.4 Å². The number of fused-ring (bicyclic) bond motifs is 2. The number of aromatic nitrogens is 2. The summed E-state index contributed by atoms with van der Waals surface area (Å²) < 4.78 is 0. The third-order valence-corrected chi connectivity index (χ3v) is 7.51. The molecule has 6 N–H and O–H groups in total. The molecule has 7 heteroatoms. The summed E-state index contributed by atoms with van der Waals surface area (Å²) >= 11 is 0. The molecule has 2 aromatic heterocycles. The number of nitrogens with one attached hydrogen (secondary N) is 4. The Balaban J connectivity index is 1.35. The molecular formula is C32H43N5O2. The lowest BCUT2D eigenvalue weighted by atomic mass is 10.0. The van der Waals surface area contributed by atoms with E-state index in [0.29, 0.717) is 19.4 Å². The summed E-state index contributed by atoms with van der Waals surface area (Å²) in [6, 6.07) is 14.5. The van der Waals surface area contributed by atoms with Gasteiger partial charge in [-0.2, -0.15) is 0 Å². The molecule has 2 atom stereocenters. The Morgan fingerprint density at radius 2 is 1.28 bits per heavy atom. The van der Waals surface area contributed by atoms with E-state index in [0.717, 1.165) is 45.8 Å². The van der Waals surface area contributed by atoms with Crippen molar-refractivity contribution < 1.29 is 9.59 Å². The van der Waals surface area contributed by atoms with Crippen molar-refractivity contribution in [2.45, 2.75) is 83.2 Å². The van der Waals surface area contributed by atoms with Crippen LogP contribution < -0.4 is 16.4 Å². The topological polar surface area (TPSA) is 116 Å². The van der Waals surface area contributed by atoms with E-state index in [1.807, 2.05) is 60.9 Å². The highest BCUT2D eigenvalue weighted by atomic mass is 16.2. The minimum Gasteiger partial charge on any atom is -0.361 e. The summed E-state index contributed by atoms with van der Waals surface area (Å²) in [6.07, 6.45) is 14.2. The van der Waals surface area contributed by atoms with Gasteiger partial charge < -0.3 is 26.3 Å². The van der Waals surface area contributed by atoms with Gasteiger partial charge in [0.1, 0.15) is 6.04 Å². The quantitative estimate of drug-likeness (QED) is 0.123. The minimum atomic E-state index is -0.768. The van der Waals surface area contributed by atoms with Gasteiger partial charge in [-0.1, -0.05) is 88.3 Å². The normalized spacial score (nSPS) is 13.0. The van der Waals surface area contributed by atoms with Gasteiger partial charge in [0.05, 0.1) is 6.04 Å². The molecule has 7 nitrogen and oxygen atoms in total. The van der Waals surface area contributed by atoms with Gasteiger partial charge in [0.2, 0.25) is 11.8 Å². The van der Waals surface area contributed by atoms with Crippen LogP contribution in [0.2, 0.25) is 0 Å². The number of hydrogen-bond donors (Lipinski definition) is 5. The maximum atomic E-state index is 13.3. The van der Waals surface area contributed by atoms with Crippen LogP contribution in [0.5, 0.6) is 0 Å². The zero-order chi connectivity index (χ0) is 27.5. The first kappa shape index (κ1) is 28.4. The summed E-state index contributed by atoms with van der Waals surface area (Å²) in [6.45, 7) is 2.84. The van der Waals surface area contributed by atoms with Gasteiger partial charge in [-0.05, 0) is 36.1 Å². The summed E-state index contributed by atoms with van der Waals surface area (Å²) in [5.74, 6) is -0.497. The number of nitrogens with two attached hydrogens (primary N) is 1. The molecule has 0 fully saturated rings. The van der Waals surface area contributed by atoms with Gasteiger partial charge in [-0.25, -0.2) is 0 Å². The van der Waals surface area contributed by atoms with E-state index in [1.165, 1.54) is 38.5 Å². The number of para-hydroxylation sites is 2. The molecule has 0 aliphatic carbocycles. The van der Waals surface area contributed by atoms with Crippen molar-refractivity contribution in [2.75, 3.05) is 6.54 Å². The Labute approximate surface area is 231 Å². The van der Waals surface area contributed by atoms with E-state index in [4.69, 9.17) is 5.73 Å². The molecule has 4 aromatic rings. The van der Waals surface area contributed by atoms with Crippen molar-refractivity contribution in [3.8, 4) is 0 Å². The van der Waals surface area contributed by atoms with Crippen LogP contribution in [-0.2, 0) is 22.4 Å². The molecule has 4 rings (SSSR count). The number of unbranched alkanes of at least 4 members (excludes halogenated alkanes) is 7. The monoisotopic (exact) mass is 529 g/mol. The molecule has 208 valence electrons. The third-order valence-electron chi connectivity index (χ3n) is 7.51. The largest absolute Gasteiger partial charge is 0.361 e. The highest BCUT2D eigenvalue weighted by Gasteiger charge is 2.25. The molecule has 2 heterocycles. The smallest absolute Gasteiger partial charge is 0.242 e. The molecule has 2 amide bonds. The van der Waals surface area contributed by atoms with Crippen LogP contribution in [0.3, 0.4) is 0 Å². The fourth-order valence-corrected chi connectivity index (χ4v) is 5.23. The maximum absolute atomic E-state index is 13.3. The van der Waals surface area contributed by atoms with Gasteiger partial charge in [-0.15, -0.1) is 0 Å². The highest BCUT2D eigenvalue weighted by molar-refractivity contribution is 5.92.